The van der Waals surface area contributed by atoms with Gasteiger partial charge in [0, 0.05) is 13.2 Å². The summed E-state index contributed by atoms with van der Waals surface area (Å²) in [6.07, 6.45) is 3.50. The molecule has 94 valence electrons. The number of hydrogen-bond donors (Lipinski definition) is 1. The molecule has 0 amide bonds. The van der Waals surface area contributed by atoms with E-state index in [1.54, 1.807) is 6.92 Å². The third-order valence-corrected chi connectivity index (χ3v) is 3.03. The largest absolute Gasteiger partial charge is 0.464 e. The minimum Gasteiger partial charge on any atom is -0.464 e. The smallest absolute Gasteiger partial charge is 0.325 e. The quantitative estimate of drug-likeness (QED) is 0.725. The average molecular weight is 229 g/mol. The first-order valence-electron chi connectivity index (χ1n) is 6.10. The highest BCUT2D eigenvalue weighted by molar-refractivity contribution is 5.79. The molecule has 0 aromatic heterocycles. The molecule has 1 aliphatic rings. The molecule has 0 bridgehead atoms. The van der Waals surface area contributed by atoms with Crippen molar-refractivity contribution >= 4 is 5.97 Å². The van der Waals surface area contributed by atoms with Crippen LogP contribution in [0.15, 0.2) is 0 Å². The van der Waals surface area contributed by atoms with Crippen LogP contribution in [-0.4, -0.2) is 31.3 Å². The number of carbonyl (C=O) groups is 1. The SMILES string of the molecule is CCCC(C)(N)C(=O)OCC1CCOCC1. The Morgan fingerprint density at radius 1 is 1.50 bits per heavy atom. The molecule has 4 heteroatoms. The summed E-state index contributed by atoms with van der Waals surface area (Å²) in [7, 11) is 0. The summed E-state index contributed by atoms with van der Waals surface area (Å²) in [6.45, 7) is 5.78. The Kier molecular flexibility index (Phi) is 5.22. The topological polar surface area (TPSA) is 61.6 Å². The van der Waals surface area contributed by atoms with Crippen molar-refractivity contribution < 1.29 is 14.3 Å². The molecular formula is C12H23NO3. The maximum atomic E-state index is 11.7. The summed E-state index contributed by atoms with van der Waals surface area (Å²) in [6, 6.07) is 0. The lowest BCUT2D eigenvalue weighted by Gasteiger charge is -2.25. The highest BCUT2D eigenvalue weighted by Gasteiger charge is 2.29. The molecule has 1 atom stereocenters. The lowest BCUT2D eigenvalue weighted by molar-refractivity contribution is -0.152. The van der Waals surface area contributed by atoms with Gasteiger partial charge in [-0.25, -0.2) is 0 Å². The molecule has 16 heavy (non-hydrogen) atoms. The third-order valence-electron chi connectivity index (χ3n) is 3.03. The Morgan fingerprint density at radius 2 is 2.12 bits per heavy atom. The van der Waals surface area contributed by atoms with Crippen molar-refractivity contribution in [2.75, 3.05) is 19.8 Å². The normalized spacial score (nSPS) is 21.4. The average Bonchev–Trinajstić information content (AvgIpc) is 2.27. The van der Waals surface area contributed by atoms with E-state index in [9.17, 15) is 4.79 Å². The number of esters is 1. The van der Waals surface area contributed by atoms with Crippen molar-refractivity contribution in [3.05, 3.63) is 0 Å². The van der Waals surface area contributed by atoms with E-state index in [4.69, 9.17) is 15.2 Å². The van der Waals surface area contributed by atoms with E-state index in [2.05, 4.69) is 0 Å². The van der Waals surface area contributed by atoms with Gasteiger partial charge in [-0.15, -0.1) is 0 Å². The van der Waals surface area contributed by atoms with Gasteiger partial charge in [-0.3, -0.25) is 4.79 Å². The highest BCUT2D eigenvalue weighted by Crippen LogP contribution is 2.17. The Balaban J connectivity index is 2.28. The van der Waals surface area contributed by atoms with Gasteiger partial charge >= 0.3 is 5.97 Å². The first kappa shape index (κ1) is 13.5. The molecule has 0 saturated carbocycles. The van der Waals surface area contributed by atoms with E-state index < -0.39 is 5.54 Å². The van der Waals surface area contributed by atoms with E-state index >= 15 is 0 Å². The van der Waals surface area contributed by atoms with Crippen molar-refractivity contribution in [2.24, 2.45) is 11.7 Å². The number of rotatable bonds is 5. The molecule has 1 fully saturated rings. The van der Waals surface area contributed by atoms with Crippen molar-refractivity contribution in [1.82, 2.24) is 0 Å². The maximum absolute atomic E-state index is 11.7. The van der Waals surface area contributed by atoms with E-state index in [1.165, 1.54) is 0 Å². The summed E-state index contributed by atoms with van der Waals surface area (Å²) in [4.78, 5) is 11.7. The first-order chi connectivity index (χ1) is 7.56. The van der Waals surface area contributed by atoms with Gasteiger partial charge in [0.1, 0.15) is 5.54 Å². The third kappa shape index (κ3) is 4.10. The minimum absolute atomic E-state index is 0.277. The Labute approximate surface area is 97.5 Å². The number of carbonyl (C=O) groups excluding carboxylic acids is 1. The highest BCUT2D eigenvalue weighted by atomic mass is 16.5. The number of ether oxygens (including phenoxy) is 2. The van der Waals surface area contributed by atoms with E-state index in [0.29, 0.717) is 18.9 Å². The van der Waals surface area contributed by atoms with Crippen molar-refractivity contribution in [2.45, 2.75) is 45.1 Å². The van der Waals surface area contributed by atoms with Crippen molar-refractivity contribution in [3.8, 4) is 0 Å². The molecule has 1 unspecified atom stereocenters. The van der Waals surface area contributed by atoms with Crippen LogP contribution in [0.25, 0.3) is 0 Å². The van der Waals surface area contributed by atoms with E-state index in [1.807, 2.05) is 6.92 Å². The van der Waals surface area contributed by atoms with E-state index in [-0.39, 0.29) is 5.97 Å². The predicted molar refractivity (Wildman–Crippen MR) is 62.0 cm³/mol. The fourth-order valence-electron chi connectivity index (χ4n) is 1.89. The van der Waals surface area contributed by atoms with Gasteiger partial charge in [-0.05, 0) is 32.1 Å². The Morgan fingerprint density at radius 3 is 2.69 bits per heavy atom. The van der Waals surface area contributed by atoms with Crippen LogP contribution in [0.3, 0.4) is 0 Å². The summed E-state index contributed by atoms with van der Waals surface area (Å²) in [5.41, 5.74) is 5.05. The van der Waals surface area contributed by atoms with Crippen LogP contribution >= 0.6 is 0 Å². The molecule has 4 nitrogen and oxygen atoms in total. The van der Waals surface area contributed by atoms with Crippen LogP contribution in [-0.2, 0) is 14.3 Å². The first-order valence-corrected chi connectivity index (χ1v) is 6.10. The molecule has 0 aliphatic carbocycles. The molecule has 0 spiro atoms. The predicted octanol–water partition coefficient (Wildman–Crippen LogP) is 1.47. The molecule has 2 N–H and O–H groups in total. The fraction of sp³-hybridized carbons (Fsp3) is 0.917. The van der Waals surface area contributed by atoms with Gasteiger partial charge in [0.25, 0.3) is 0 Å². The van der Waals surface area contributed by atoms with Gasteiger partial charge in [-0.1, -0.05) is 13.3 Å². The number of hydrogen-bond acceptors (Lipinski definition) is 4. The van der Waals surface area contributed by atoms with Crippen LogP contribution in [0.5, 0.6) is 0 Å². The fourth-order valence-corrected chi connectivity index (χ4v) is 1.89. The van der Waals surface area contributed by atoms with Gasteiger partial charge in [0.05, 0.1) is 6.61 Å². The molecule has 0 radical (unpaired) electrons. The maximum Gasteiger partial charge on any atom is 0.325 e. The Hall–Kier alpha value is -0.610. The van der Waals surface area contributed by atoms with Gasteiger partial charge in [-0.2, -0.15) is 0 Å². The van der Waals surface area contributed by atoms with E-state index in [0.717, 1.165) is 32.5 Å². The molecule has 1 saturated heterocycles. The van der Waals surface area contributed by atoms with Crippen LogP contribution in [0.2, 0.25) is 0 Å². The van der Waals surface area contributed by atoms with Crippen molar-refractivity contribution in [1.29, 1.82) is 0 Å². The van der Waals surface area contributed by atoms with Crippen LogP contribution in [0, 0.1) is 5.92 Å². The molecular weight excluding hydrogens is 206 g/mol. The zero-order valence-electron chi connectivity index (χ0n) is 10.3. The van der Waals surface area contributed by atoms with Crippen LogP contribution in [0.4, 0.5) is 0 Å². The minimum atomic E-state index is -0.833. The van der Waals surface area contributed by atoms with Gasteiger partial charge in [0.2, 0.25) is 0 Å². The van der Waals surface area contributed by atoms with Gasteiger partial charge < -0.3 is 15.2 Å². The monoisotopic (exact) mass is 229 g/mol. The summed E-state index contributed by atoms with van der Waals surface area (Å²) in [5.74, 6) is 0.163. The van der Waals surface area contributed by atoms with Crippen LogP contribution < -0.4 is 5.73 Å². The molecule has 0 aromatic rings. The standard InChI is InChI=1S/C12H23NO3/c1-3-6-12(2,13)11(14)16-9-10-4-7-15-8-5-10/h10H,3-9,13H2,1-2H3. The zero-order chi connectivity index (χ0) is 12.0. The second-order valence-electron chi connectivity index (χ2n) is 4.82. The second-order valence-corrected chi connectivity index (χ2v) is 4.82. The summed E-state index contributed by atoms with van der Waals surface area (Å²) < 4.78 is 10.5. The molecule has 1 aliphatic heterocycles. The number of nitrogens with two attached hydrogens (primary N) is 1. The molecule has 1 heterocycles. The molecule has 0 aromatic carbocycles. The Bertz CT molecular complexity index is 222. The summed E-state index contributed by atoms with van der Waals surface area (Å²) in [5, 5.41) is 0. The summed E-state index contributed by atoms with van der Waals surface area (Å²) >= 11 is 0. The van der Waals surface area contributed by atoms with Gasteiger partial charge in [0.15, 0.2) is 0 Å². The van der Waals surface area contributed by atoms with Crippen molar-refractivity contribution in [3.63, 3.8) is 0 Å². The molecule has 1 rings (SSSR count). The lowest BCUT2D eigenvalue weighted by atomic mass is 9.97. The zero-order valence-corrected chi connectivity index (χ0v) is 10.3. The second kappa shape index (κ2) is 6.21. The lowest BCUT2D eigenvalue weighted by Crippen LogP contribution is -2.46. The van der Waals surface area contributed by atoms with Crippen LogP contribution in [0.1, 0.15) is 39.5 Å².